The summed E-state index contributed by atoms with van der Waals surface area (Å²) in [6.07, 6.45) is 1.80. The molecule has 1 fully saturated rings. The van der Waals surface area contributed by atoms with Gasteiger partial charge >= 0.3 is 0 Å². The van der Waals surface area contributed by atoms with Crippen molar-refractivity contribution in [1.82, 2.24) is 0 Å². The number of allylic oxidation sites excluding steroid dienone is 1. The number of thioether (sulfide) groups is 2. The Hall–Kier alpha value is -0.460. The lowest BCUT2D eigenvalue weighted by molar-refractivity contribution is 0.104. The van der Waals surface area contributed by atoms with Gasteiger partial charge in [0.05, 0.1) is 0 Å². The summed E-state index contributed by atoms with van der Waals surface area (Å²) in [5, 5.41) is 2.29. The highest BCUT2D eigenvalue weighted by molar-refractivity contribution is 14.1. The second kappa shape index (κ2) is 6.34. The fraction of sp³-hybridized carbons (Fsp3) is 0.235. The van der Waals surface area contributed by atoms with Gasteiger partial charge < -0.3 is 0 Å². The van der Waals surface area contributed by atoms with E-state index in [0.717, 1.165) is 25.4 Å². The summed E-state index contributed by atoms with van der Waals surface area (Å²) in [6.45, 7) is 2.26. The second-order valence-corrected chi connectivity index (χ2v) is 9.03. The molecule has 0 unspecified atom stereocenters. The minimum Gasteiger partial charge on any atom is -0.289 e. The van der Waals surface area contributed by atoms with Crippen molar-refractivity contribution in [2.24, 2.45) is 0 Å². The van der Waals surface area contributed by atoms with Crippen LogP contribution < -0.4 is 0 Å². The highest BCUT2D eigenvalue weighted by Crippen LogP contribution is 2.49. The van der Waals surface area contributed by atoms with E-state index in [1.54, 1.807) is 17.8 Å². The van der Waals surface area contributed by atoms with E-state index in [9.17, 15) is 4.79 Å². The summed E-state index contributed by atoms with van der Waals surface area (Å²) in [6, 6.07) is 14.1. The molecule has 0 saturated carbocycles. The van der Waals surface area contributed by atoms with Gasteiger partial charge in [-0.15, -0.1) is 23.5 Å². The number of rotatable bonds is 3. The van der Waals surface area contributed by atoms with Crippen molar-refractivity contribution in [1.29, 1.82) is 0 Å². The maximum absolute atomic E-state index is 12.4. The van der Waals surface area contributed by atoms with Crippen LogP contribution in [-0.2, 0) is 0 Å². The highest BCUT2D eigenvalue weighted by atomic mass is 127. The SMILES string of the molecule is C[C@@]1(CI)CS/C(=C/C(=O)c2ccc3ccccc3c2)S1. The Balaban J connectivity index is 1.84. The Morgan fingerprint density at radius 2 is 2.05 bits per heavy atom. The fourth-order valence-corrected chi connectivity index (χ4v) is 6.17. The molecule has 2 aromatic carbocycles. The van der Waals surface area contributed by atoms with Crippen LogP contribution in [0.15, 0.2) is 52.8 Å². The number of hydrogen-bond donors (Lipinski definition) is 0. The average molecular weight is 426 g/mol. The Morgan fingerprint density at radius 1 is 1.29 bits per heavy atom. The third-order valence-corrected chi connectivity index (χ3v) is 8.70. The molecule has 4 heteroatoms. The third-order valence-electron chi connectivity index (χ3n) is 3.43. The summed E-state index contributed by atoms with van der Waals surface area (Å²) in [4.78, 5) is 12.4. The van der Waals surface area contributed by atoms with Gasteiger partial charge in [0.1, 0.15) is 0 Å². The van der Waals surface area contributed by atoms with Gasteiger partial charge in [-0.3, -0.25) is 4.79 Å². The molecule has 0 aliphatic carbocycles. The summed E-state index contributed by atoms with van der Waals surface area (Å²) in [5.41, 5.74) is 0.769. The molecule has 1 nitrogen and oxygen atoms in total. The van der Waals surface area contributed by atoms with Crippen molar-refractivity contribution in [3.63, 3.8) is 0 Å². The standard InChI is InChI=1S/C17H15IOS2/c1-17(10-18)11-20-16(21-17)9-15(19)14-7-6-12-4-2-3-5-13(12)8-14/h2-9H,10-11H2,1H3/b16-9-/t17-/m1/s1. The van der Waals surface area contributed by atoms with Crippen LogP contribution in [0.4, 0.5) is 0 Å². The first kappa shape index (κ1) is 15.4. The molecule has 0 amide bonds. The van der Waals surface area contributed by atoms with Crippen LogP contribution in [0.5, 0.6) is 0 Å². The predicted molar refractivity (Wildman–Crippen MR) is 104 cm³/mol. The molecule has 21 heavy (non-hydrogen) atoms. The second-order valence-electron chi connectivity index (χ2n) is 5.36. The van der Waals surface area contributed by atoms with Crippen LogP contribution in [0, 0.1) is 0 Å². The molecular formula is C17H15IOS2. The molecule has 1 aliphatic heterocycles. The van der Waals surface area contributed by atoms with Crippen molar-refractivity contribution in [2.75, 3.05) is 10.2 Å². The van der Waals surface area contributed by atoms with Crippen molar-refractivity contribution in [3.8, 4) is 0 Å². The van der Waals surface area contributed by atoms with Crippen molar-refractivity contribution < 1.29 is 4.79 Å². The van der Waals surface area contributed by atoms with E-state index in [1.165, 1.54) is 5.39 Å². The molecule has 0 bridgehead atoms. The third kappa shape index (κ3) is 3.48. The largest absolute Gasteiger partial charge is 0.289 e. The van der Waals surface area contributed by atoms with E-state index >= 15 is 0 Å². The monoisotopic (exact) mass is 426 g/mol. The molecule has 2 aromatic rings. The number of alkyl halides is 1. The molecule has 0 aromatic heterocycles. The van der Waals surface area contributed by atoms with Crippen LogP contribution in [0.2, 0.25) is 0 Å². The number of hydrogen-bond acceptors (Lipinski definition) is 3. The lowest BCUT2D eigenvalue weighted by atomic mass is 10.0. The fourth-order valence-electron chi connectivity index (χ4n) is 2.20. The van der Waals surface area contributed by atoms with Crippen LogP contribution >= 0.6 is 46.1 Å². The summed E-state index contributed by atoms with van der Waals surface area (Å²) < 4.78 is 2.51. The summed E-state index contributed by atoms with van der Waals surface area (Å²) in [7, 11) is 0. The number of fused-ring (bicyclic) bond motifs is 1. The van der Waals surface area contributed by atoms with Crippen LogP contribution in [0.3, 0.4) is 0 Å². The molecule has 0 N–H and O–H groups in total. The smallest absolute Gasteiger partial charge is 0.187 e. The molecule has 1 saturated heterocycles. The van der Waals surface area contributed by atoms with Crippen molar-refractivity contribution in [2.45, 2.75) is 11.7 Å². The van der Waals surface area contributed by atoms with E-state index in [2.05, 4.69) is 35.6 Å². The topological polar surface area (TPSA) is 17.1 Å². The average Bonchev–Trinajstić information content (AvgIpc) is 2.88. The first-order valence-corrected chi connectivity index (χ1v) is 10.0. The van der Waals surface area contributed by atoms with E-state index in [4.69, 9.17) is 0 Å². The zero-order valence-corrected chi connectivity index (χ0v) is 15.4. The lowest BCUT2D eigenvalue weighted by Crippen LogP contribution is -2.20. The minimum absolute atomic E-state index is 0.105. The number of halogens is 1. The molecular weight excluding hydrogens is 411 g/mol. The van der Waals surface area contributed by atoms with E-state index in [0.29, 0.717) is 0 Å². The van der Waals surface area contributed by atoms with Gasteiger partial charge in [-0.05, 0) is 23.8 Å². The van der Waals surface area contributed by atoms with E-state index < -0.39 is 0 Å². The zero-order chi connectivity index (χ0) is 14.9. The van der Waals surface area contributed by atoms with Gasteiger partial charge in [0.15, 0.2) is 5.78 Å². The van der Waals surface area contributed by atoms with E-state index in [-0.39, 0.29) is 10.5 Å². The number of carbonyl (C=O) groups excluding carboxylic acids is 1. The van der Waals surface area contributed by atoms with Crippen molar-refractivity contribution in [3.05, 3.63) is 58.3 Å². The Kier molecular flexibility index (Phi) is 4.66. The van der Waals surface area contributed by atoms with Gasteiger partial charge in [0.25, 0.3) is 0 Å². The van der Waals surface area contributed by atoms with Crippen LogP contribution in [0.1, 0.15) is 17.3 Å². The number of benzene rings is 2. The quantitative estimate of drug-likeness (QED) is 0.278. The highest BCUT2D eigenvalue weighted by Gasteiger charge is 2.32. The number of carbonyl (C=O) groups is 1. The zero-order valence-electron chi connectivity index (χ0n) is 11.6. The lowest BCUT2D eigenvalue weighted by Gasteiger charge is -2.16. The normalized spacial score (nSPS) is 23.8. The maximum atomic E-state index is 12.4. The molecule has 108 valence electrons. The first-order valence-electron chi connectivity index (χ1n) is 6.72. The predicted octanol–water partition coefficient (Wildman–Crippen LogP) is 5.54. The van der Waals surface area contributed by atoms with Crippen molar-refractivity contribution >= 4 is 62.7 Å². The van der Waals surface area contributed by atoms with Gasteiger partial charge in [0, 0.05) is 30.8 Å². The molecule has 3 rings (SSSR count). The molecule has 0 spiro atoms. The Morgan fingerprint density at radius 3 is 2.76 bits per heavy atom. The number of ketones is 1. The summed E-state index contributed by atoms with van der Waals surface area (Å²) >= 11 is 6.06. The maximum Gasteiger partial charge on any atom is 0.187 e. The van der Waals surface area contributed by atoms with Crippen LogP contribution in [-0.4, -0.2) is 20.7 Å². The van der Waals surface area contributed by atoms with E-state index in [1.807, 2.05) is 48.2 Å². The molecule has 1 atom stereocenters. The van der Waals surface area contributed by atoms with Gasteiger partial charge in [-0.25, -0.2) is 0 Å². The minimum atomic E-state index is 0.105. The first-order chi connectivity index (χ1) is 10.1. The van der Waals surface area contributed by atoms with Gasteiger partial charge in [0.2, 0.25) is 0 Å². The molecule has 0 radical (unpaired) electrons. The summed E-state index contributed by atoms with van der Waals surface area (Å²) in [5.74, 6) is 1.19. The Bertz CT molecular complexity index is 726. The molecule has 1 heterocycles. The Labute approximate surface area is 147 Å². The van der Waals surface area contributed by atoms with Crippen LogP contribution in [0.25, 0.3) is 10.8 Å². The molecule has 1 aliphatic rings. The van der Waals surface area contributed by atoms with Gasteiger partial charge in [-0.1, -0.05) is 59.0 Å². The van der Waals surface area contributed by atoms with Gasteiger partial charge in [-0.2, -0.15) is 0 Å².